The first-order valence-corrected chi connectivity index (χ1v) is 12.3. The maximum Gasteiger partial charge on any atom is 0.407 e. The lowest BCUT2D eigenvalue weighted by molar-refractivity contribution is 0.103. The maximum atomic E-state index is 11.6. The highest BCUT2D eigenvalue weighted by molar-refractivity contribution is 7.90. The maximum absolute atomic E-state index is 11.6. The number of nitrogens with zero attached hydrogens (tertiary/aromatic N) is 5. The molecule has 1 amide bonds. The average molecular weight is 450 g/mol. The molecule has 1 unspecified atom stereocenters. The molecule has 3 heterocycles. The van der Waals surface area contributed by atoms with Gasteiger partial charge in [0.15, 0.2) is 9.84 Å². The van der Waals surface area contributed by atoms with Crippen molar-refractivity contribution >= 4 is 37.4 Å². The van der Waals surface area contributed by atoms with Crippen LogP contribution in [0.2, 0.25) is 0 Å². The number of carboxylic acid groups (broad SMARTS) is 1. The topological polar surface area (TPSA) is 108 Å². The molecule has 0 radical (unpaired) electrons. The van der Waals surface area contributed by atoms with Gasteiger partial charge in [0, 0.05) is 31.5 Å². The average Bonchev–Trinajstić information content (AvgIpc) is 3.26. The number of rotatable bonds is 4. The van der Waals surface area contributed by atoms with Crippen LogP contribution in [0.1, 0.15) is 13.8 Å². The zero-order valence-corrected chi connectivity index (χ0v) is 18.5. The molecule has 1 atom stereocenters. The van der Waals surface area contributed by atoms with Gasteiger partial charge in [-0.2, -0.15) is 0 Å². The van der Waals surface area contributed by atoms with Gasteiger partial charge >= 0.3 is 6.09 Å². The Labute approximate surface area is 178 Å². The van der Waals surface area contributed by atoms with Crippen molar-refractivity contribution in [3.05, 3.63) is 30.5 Å². The standard InChI is InChI=1S/C19H23N5O4S2/c1-12(2)16-11-22(8-9-23(16)19(25)26)18-21-24-10-15(20-17(24)29-18)13-4-6-14(7-5-13)30(3,27)28/h4-7,10,12,16H,8-9,11H2,1-3H3,(H,25,26). The lowest BCUT2D eigenvalue weighted by atomic mass is 10.0. The number of aromatic nitrogens is 3. The predicted molar refractivity (Wildman–Crippen MR) is 115 cm³/mol. The van der Waals surface area contributed by atoms with E-state index in [0.717, 1.165) is 21.3 Å². The molecule has 1 fully saturated rings. The van der Waals surface area contributed by atoms with Crippen molar-refractivity contribution < 1.29 is 18.3 Å². The Bertz CT molecular complexity index is 1150. The summed E-state index contributed by atoms with van der Waals surface area (Å²) in [5.74, 6) is 0.203. The van der Waals surface area contributed by atoms with Crippen LogP contribution >= 0.6 is 11.3 Å². The predicted octanol–water partition coefficient (Wildman–Crippen LogP) is 2.69. The van der Waals surface area contributed by atoms with Crippen LogP contribution in [0.25, 0.3) is 16.2 Å². The van der Waals surface area contributed by atoms with Crippen LogP contribution in [0.3, 0.4) is 0 Å². The fourth-order valence-corrected chi connectivity index (χ4v) is 5.17. The number of fused-ring (bicyclic) bond motifs is 1. The summed E-state index contributed by atoms with van der Waals surface area (Å²) in [6.45, 7) is 5.69. The van der Waals surface area contributed by atoms with Crippen LogP contribution < -0.4 is 4.90 Å². The minimum Gasteiger partial charge on any atom is -0.465 e. The van der Waals surface area contributed by atoms with E-state index < -0.39 is 15.9 Å². The van der Waals surface area contributed by atoms with Crippen LogP contribution in [-0.2, 0) is 9.84 Å². The van der Waals surface area contributed by atoms with E-state index in [1.54, 1.807) is 28.8 Å². The number of sulfone groups is 1. The molecule has 0 spiro atoms. The van der Waals surface area contributed by atoms with E-state index in [-0.39, 0.29) is 16.9 Å². The molecule has 0 aliphatic carbocycles. The Balaban J connectivity index is 1.56. The normalized spacial score (nSPS) is 17.8. The Kier molecular flexibility index (Phi) is 5.18. The number of amides is 1. The van der Waals surface area contributed by atoms with E-state index in [1.165, 1.54) is 22.5 Å². The molecule has 0 saturated carbocycles. The molecular formula is C19H23N5O4S2. The molecule has 160 valence electrons. The van der Waals surface area contributed by atoms with Crippen LogP contribution in [0, 0.1) is 5.92 Å². The van der Waals surface area contributed by atoms with E-state index >= 15 is 0 Å². The number of anilines is 1. The summed E-state index contributed by atoms with van der Waals surface area (Å²) in [6, 6.07) is 6.54. The van der Waals surface area contributed by atoms with Crippen molar-refractivity contribution in [3.63, 3.8) is 0 Å². The van der Waals surface area contributed by atoms with Gasteiger partial charge < -0.3 is 14.9 Å². The molecule has 1 saturated heterocycles. The van der Waals surface area contributed by atoms with Crippen molar-refractivity contribution in [1.82, 2.24) is 19.5 Å². The van der Waals surface area contributed by atoms with Gasteiger partial charge in [-0.05, 0) is 18.1 Å². The summed E-state index contributed by atoms with van der Waals surface area (Å²) in [7, 11) is -3.24. The van der Waals surface area contributed by atoms with E-state index in [0.29, 0.717) is 19.6 Å². The van der Waals surface area contributed by atoms with E-state index in [9.17, 15) is 18.3 Å². The Morgan fingerprint density at radius 2 is 1.93 bits per heavy atom. The highest BCUT2D eigenvalue weighted by Gasteiger charge is 2.33. The molecule has 0 bridgehead atoms. The number of benzene rings is 1. The third-order valence-electron chi connectivity index (χ3n) is 5.32. The summed E-state index contributed by atoms with van der Waals surface area (Å²) in [4.78, 5) is 20.8. The summed E-state index contributed by atoms with van der Waals surface area (Å²) < 4.78 is 25.0. The second kappa shape index (κ2) is 7.55. The molecule has 1 aliphatic heterocycles. The van der Waals surface area contributed by atoms with Crippen molar-refractivity contribution in [2.24, 2.45) is 5.92 Å². The molecule has 2 aromatic heterocycles. The zero-order chi connectivity index (χ0) is 21.6. The van der Waals surface area contributed by atoms with Gasteiger partial charge in [0.2, 0.25) is 10.1 Å². The van der Waals surface area contributed by atoms with Crippen LogP contribution in [0.15, 0.2) is 35.4 Å². The molecule has 9 nitrogen and oxygen atoms in total. The quantitative estimate of drug-likeness (QED) is 0.652. The molecule has 1 aliphatic rings. The molecule has 30 heavy (non-hydrogen) atoms. The number of hydrogen-bond donors (Lipinski definition) is 1. The molecule has 1 N–H and O–H groups in total. The molecule has 4 rings (SSSR count). The largest absolute Gasteiger partial charge is 0.465 e. The minimum absolute atomic E-state index is 0.0867. The summed E-state index contributed by atoms with van der Waals surface area (Å²) in [5.41, 5.74) is 1.53. The first-order chi connectivity index (χ1) is 14.1. The number of hydrogen-bond acceptors (Lipinski definition) is 7. The van der Waals surface area contributed by atoms with Gasteiger partial charge in [-0.15, -0.1) is 5.10 Å². The zero-order valence-electron chi connectivity index (χ0n) is 16.9. The van der Waals surface area contributed by atoms with E-state index in [4.69, 9.17) is 0 Å². The van der Waals surface area contributed by atoms with Crippen LogP contribution in [-0.4, -0.2) is 71.0 Å². The highest BCUT2D eigenvalue weighted by Crippen LogP contribution is 2.29. The fraction of sp³-hybridized carbons (Fsp3) is 0.421. The smallest absolute Gasteiger partial charge is 0.407 e. The third-order valence-corrected chi connectivity index (χ3v) is 7.43. The first-order valence-electron chi connectivity index (χ1n) is 9.54. The van der Waals surface area contributed by atoms with Gasteiger partial charge in [-0.1, -0.05) is 37.3 Å². The van der Waals surface area contributed by atoms with Gasteiger partial charge in [-0.3, -0.25) is 0 Å². The lowest BCUT2D eigenvalue weighted by Gasteiger charge is -2.41. The highest BCUT2D eigenvalue weighted by atomic mass is 32.2. The molecule has 3 aromatic rings. The number of carbonyl (C=O) groups is 1. The Morgan fingerprint density at radius 1 is 1.23 bits per heavy atom. The molecule has 1 aromatic carbocycles. The molecule has 11 heteroatoms. The summed E-state index contributed by atoms with van der Waals surface area (Å²) in [6.07, 6.45) is 2.12. The third kappa shape index (κ3) is 3.86. The lowest BCUT2D eigenvalue weighted by Crippen LogP contribution is -2.57. The van der Waals surface area contributed by atoms with Crippen LogP contribution in [0.5, 0.6) is 0 Å². The van der Waals surface area contributed by atoms with E-state index in [2.05, 4.69) is 15.0 Å². The summed E-state index contributed by atoms with van der Waals surface area (Å²) in [5, 5.41) is 14.9. The van der Waals surface area contributed by atoms with Crippen molar-refractivity contribution in [2.75, 3.05) is 30.8 Å². The van der Waals surface area contributed by atoms with E-state index in [1.807, 2.05) is 20.0 Å². The van der Waals surface area contributed by atoms with Gasteiger partial charge in [0.1, 0.15) is 0 Å². The summed E-state index contributed by atoms with van der Waals surface area (Å²) >= 11 is 1.45. The molecular weight excluding hydrogens is 426 g/mol. The first kappa shape index (κ1) is 20.6. The Hall–Kier alpha value is -2.66. The van der Waals surface area contributed by atoms with Gasteiger partial charge in [0.05, 0.1) is 22.8 Å². The van der Waals surface area contributed by atoms with Gasteiger partial charge in [-0.25, -0.2) is 22.7 Å². The fourth-order valence-electron chi connectivity index (χ4n) is 3.62. The van der Waals surface area contributed by atoms with Crippen molar-refractivity contribution in [2.45, 2.75) is 24.8 Å². The van der Waals surface area contributed by atoms with Crippen molar-refractivity contribution in [1.29, 1.82) is 0 Å². The second-order valence-electron chi connectivity index (χ2n) is 7.77. The number of piperazine rings is 1. The van der Waals surface area contributed by atoms with Crippen LogP contribution in [0.4, 0.5) is 9.93 Å². The van der Waals surface area contributed by atoms with Gasteiger partial charge in [0.25, 0.3) is 0 Å². The minimum atomic E-state index is -3.24. The SMILES string of the molecule is CC(C)C1CN(c2nn3cc(-c4ccc(S(C)(=O)=O)cc4)nc3s2)CCN1C(=O)O. The Morgan fingerprint density at radius 3 is 2.50 bits per heavy atom. The monoisotopic (exact) mass is 449 g/mol. The second-order valence-corrected chi connectivity index (χ2v) is 10.7. The van der Waals surface area contributed by atoms with Crippen molar-refractivity contribution in [3.8, 4) is 11.3 Å². The number of imidazole rings is 1.